The monoisotopic (exact) mass is 331 g/mol. The molecule has 0 atom stereocenters. The Hall–Kier alpha value is -1.75. The van der Waals surface area contributed by atoms with E-state index in [1.165, 1.54) is 31.4 Å². The van der Waals surface area contributed by atoms with Crippen LogP contribution in [0.25, 0.3) is 0 Å². The van der Waals surface area contributed by atoms with Gasteiger partial charge in [0.2, 0.25) is 5.91 Å². The minimum atomic E-state index is 0.287. The van der Waals surface area contributed by atoms with Crippen LogP contribution in [0.4, 0.5) is 5.69 Å². The molecule has 132 valence electrons. The number of benzene rings is 1. The van der Waals surface area contributed by atoms with Crippen LogP contribution in [0.2, 0.25) is 0 Å². The molecule has 1 aliphatic heterocycles. The Morgan fingerprint density at radius 1 is 1.12 bits per heavy atom. The van der Waals surface area contributed by atoms with E-state index in [0.717, 1.165) is 38.5 Å². The second-order valence-electron chi connectivity index (χ2n) is 6.75. The van der Waals surface area contributed by atoms with Crippen LogP contribution in [0.5, 0.6) is 5.75 Å². The summed E-state index contributed by atoms with van der Waals surface area (Å²) in [7, 11) is 1.68. The minimum absolute atomic E-state index is 0.287. The van der Waals surface area contributed by atoms with Crippen LogP contribution in [-0.4, -0.2) is 56.7 Å². The Labute approximate surface area is 145 Å². The lowest BCUT2D eigenvalue weighted by Gasteiger charge is -2.36. The highest BCUT2D eigenvalue weighted by atomic mass is 16.5. The third-order valence-electron chi connectivity index (χ3n) is 5.20. The van der Waals surface area contributed by atoms with E-state index >= 15 is 0 Å². The van der Waals surface area contributed by atoms with Crippen molar-refractivity contribution in [2.75, 3.05) is 44.7 Å². The Morgan fingerprint density at radius 2 is 1.79 bits per heavy atom. The Bertz CT molecular complexity index is 518. The van der Waals surface area contributed by atoms with E-state index in [0.29, 0.717) is 12.5 Å². The van der Waals surface area contributed by atoms with E-state index in [4.69, 9.17) is 4.74 Å². The van der Waals surface area contributed by atoms with Crippen LogP contribution in [-0.2, 0) is 4.79 Å². The lowest BCUT2D eigenvalue weighted by atomic mass is 10.2. The van der Waals surface area contributed by atoms with Gasteiger partial charge in [-0.2, -0.15) is 0 Å². The number of carbonyl (C=O) groups excluding carboxylic acids is 1. The molecule has 0 bridgehead atoms. The first-order chi connectivity index (χ1) is 11.8. The van der Waals surface area contributed by atoms with Crippen LogP contribution >= 0.6 is 0 Å². The number of hydrogen-bond donors (Lipinski definition) is 1. The molecule has 5 nitrogen and oxygen atoms in total. The first-order valence-corrected chi connectivity index (χ1v) is 9.16. The van der Waals surface area contributed by atoms with Crippen molar-refractivity contribution in [1.29, 1.82) is 0 Å². The molecule has 0 unspecified atom stereocenters. The molecule has 0 aromatic heterocycles. The maximum atomic E-state index is 12.3. The largest absolute Gasteiger partial charge is 0.497 e. The highest BCUT2D eigenvalue weighted by molar-refractivity contribution is 5.76. The minimum Gasteiger partial charge on any atom is -0.497 e. The normalized spacial score (nSPS) is 18.9. The lowest BCUT2D eigenvalue weighted by molar-refractivity contribution is -0.131. The smallest absolute Gasteiger partial charge is 0.223 e. The molecule has 1 aromatic carbocycles. The van der Waals surface area contributed by atoms with Crippen LogP contribution in [0.3, 0.4) is 0 Å². The fourth-order valence-electron chi connectivity index (χ4n) is 3.68. The number of amides is 1. The summed E-state index contributed by atoms with van der Waals surface area (Å²) < 4.78 is 5.20. The van der Waals surface area contributed by atoms with Crippen LogP contribution in [0.1, 0.15) is 32.1 Å². The second-order valence-corrected chi connectivity index (χ2v) is 6.75. The average Bonchev–Trinajstić information content (AvgIpc) is 3.15. The van der Waals surface area contributed by atoms with Crippen LogP contribution in [0, 0.1) is 0 Å². The molecule has 24 heavy (non-hydrogen) atoms. The molecule has 1 saturated heterocycles. The van der Waals surface area contributed by atoms with Crippen molar-refractivity contribution in [1.82, 2.24) is 10.2 Å². The second kappa shape index (κ2) is 8.38. The van der Waals surface area contributed by atoms with Gasteiger partial charge in [-0.15, -0.1) is 0 Å². The quantitative estimate of drug-likeness (QED) is 0.868. The fourth-order valence-corrected chi connectivity index (χ4v) is 3.68. The first-order valence-electron chi connectivity index (χ1n) is 9.16. The summed E-state index contributed by atoms with van der Waals surface area (Å²) in [5.74, 6) is 1.16. The highest BCUT2D eigenvalue weighted by Gasteiger charge is 2.21. The van der Waals surface area contributed by atoms with Crippen molar-refractivity contribution in [2.45, 2.75) is 38.1 Å². The average molecular weight is 331 g/mol. The maximum Gasteiger partial charge on any atom is 0.223 e. The lowest BCUT2D eigenvalue weighted by Crippen LogP contribution is -2.49. The zero-order valence-electron chi connectivity index (χ0n) is 14.7. The summed E-state index contributed by atoms with van der Waals surface area (Å²) in [6, 6.07) is 8.79. The van der Waals surface area contributed by atoms with E-state index in [-0.39, 0.29) is 5.91 Å². The molecular formula is C19H29N3O2. The molecule has 0 spiro atoms. The summed E-state index contributed by atoms with van der Waals surface area (Å²) in [5, 5.41) is 3.53. The van der Waals surface area contributed by atoms with Crippen molar-refractivity contribution >= 4 is 11.6 Å². The van der Waals surface area contributed by atoms with Crippen LogP contribution in [0.15, 0.2) is 24.3 Å². The van der Waals surface area contributed by atoms with Crippen molar-refractivity contribution in [3.63, 3.8) is 0 Å². The Kier molecular flexibility index (Phi) is 5.96. The Balaban J connectivity index is 1.39. The summed E-state index contributed by atoms with van der Waals surface area (Å²) >= 11 is 0. The number of nitrogens with one attached hydrogen (secondary N) is 1. The van der Waals surface area contributed by atoms with Gasteiger partial charge in [0.05, 0.1) is 7.11 Å². The molecule has 0 radical (unpaired) electrons. The molecule has 1 heterocycles. The van der Waals surface area contributed by atoms with Gasteiger partial charge in [-0.25, -0.2) is 0 Å². The molecule has 1 saturated carbocycles. The number of ether oxygens (including phenoxy) is 1. The van der Waals surface area contributed by atoms with E-state index in [9.17, 15) is 4.79 Å². The number of hydrogen-bond acceptors (Lipinski definition) is 4. The molecule has 2 fully saturated rings. The van der Waals surface area contributed by atoms with E-state index < -0.39 is 0 Å². The van der Waals surface area contributed by atoms with Gasteiger partial charge in [-0.05, 0) is 37.1 Å². The van der Waals surface area contributed by atoms with Crippen molar-refractivity contribution in [3.8, 4) is 5.75 Å². The number of piperazine rings is 1. The summed E-state index contributed by atoms with van der Waals surface area (Å²) in [5.41, 5.74) is 1.20. The molecule has 1 amide bonds. The van der Waals surface area contributed by atoms with E-state index in [2.05, 4.69) is 22.3 Å². The molecule has 1 aromatic rings. The molecule has 3 rings (SSSR count). The number of anilines is 1. The maximum absolute atomic E-state index is 12.3. The first kappa shape index (κ1) is 17.1. The van der Waals surface area contributed by atoms with Gasteiger partial charge in [0.25, 0.3) is 0 Å². The van der Waals surface area contributed by atoms with Gasteiger partial charge in [-0.3, -0.25) is 4.79 Å². The third kappa shape index (κ3) is 4.41. The SMILES string of the molecule is COc1ccc(N2CCN(C(=O)CCNC3CCCC3)CC2)cc1. The number of nitrogens with zero attached hydrogens (tertiary/aromatic N) is 2. The molecule has 1 N–H and O–H groups in total. The third-order valence-corrected chi connectivity index (χ3v) is 5.20. The zero-order chi connectivity index (χ0) is 16.8. The molecule has 1 aliphatic carbocycles. The number of rotatable bonds is 6. The van der Waals surface area contributed by atoms with Gasteiger partial charge < -0.3 is 19.9 Å². The van der Waals surface area contributed by atoms with Crippen molar-refractivity contribution in [3.05, 3.63) is 24.3 Å². The zero-order valence-corrected chi connectivity index (χ0v) is 14.7. The highest BCUT2D eigenvalue weighted by Crippen LogP contribution is 2.21. The predicted molar refractivity (Wildman–Crippen MR) is 96.7 cm³/mol. The van der Waals surface area contributed by atoms with E-state index in [1.54, 1.807) is 7.11 Å². The van der Waals surface area contributed by atoms with Gasteiger partial charge in [0.1, 0.15) is 5.75 Å². The van der Waals surface area contributed by atoms with E-state index in [1.807, 2.05) is 17.0 Å². The predicted octanol–water partition coefficient (Wildman–Crippen LogP) is 2.27. The van der Waals surface area contributed by atoms with Gasteiger partial charge in [0.15, 0.2) is 0 Å². The molecule has 2 aliphatic rings. The standard InChI is InChI=1S/C19H29N3O2/c1-24-18-8-6-17(7-9-18)21-12-14-22(15-13-21)19(23)10-11-20-16-4-2-3-5-16/h6-9,16,20H,2-5,10-15H2,1H3. The molecular weight excluding hydrogens is 302 g/mol. The van der Waals surface area contributed by atoms with Crippen LogP contribution < -0.4 is 15.0 Å². The summed E-state index contributed by atoms with van der Waals surface area (Å²) in [6.45, 7) is 4.24. The number of carbonyl (C=O) groups is 1. The van der Waals surface area contributed by atoms with Gasteiger partial charge >= 0.3 is 0 Å². The van der Waals surface area contributed by atoms with Gasteiger partial charge in [0, 0.05) is 50.9 Å². The van der Waals surface area contributed by atoms with Crippen molar-refractivity contribution in [2.24, 2.45) is 0 Å². The number of methoxy groups -OCH3 is 1. The summed E-state index contributed by atoms with van der Waals surface area (Å²) in [6.07, 6.45) is 5.83. The molecule has 5 heteroatoms. The Morgan fingerprint density at radius 3 is 2.42 bits per heavy atom. The topological polar surface area (TPSA) is 44.8 Å². The van der Waals surface area contributed by atoms with Crippen molar-refractivity contribution < 1.29 is 9.53 Å². The fraction of sp³-hybridized carbons (Fsp3) is 0.632. The summed E-state index contributed by atoms with van der Waals surface area (Å²) in [4.78, 5) is 16.7. The van der Waals surface area contributed by atoms with Gasteiger partial charge in [-0.1, -0.05) is 12.8 Å².